The maximum atomic E-state index is 5.79. The van der Waals surface area contributed by atoms with Gasteiger partial charge in [0.25, 0.3) is 0 Å². The van der Waals surface area contributed by atoms with E-state index in [1.807, 2.05) is 23.5 Å². The number of nitrogen functional groups attached to an aromatic ring is 1. The van der Waals surface area contributed by atoms with Gasteiger partial charge in [0.05, 0.1) is 0 Å². The molecule has 9 aromatic rings. The third kappa shape index (κ3) is 7.25. The molecule has 1 heterocycles. The van der Waals surface area contributed by atoms with Crippen LogP contribution in [-0.4, -0.2) is 0 Å². The summed E-state index contributed by atoms with van der Waals surface area (Å²) >= 11 is 1.91. The van der Waals surface area contributed by atoms with Crippen molar-refractivity contribution in [2.75, 3.05) is 5.73 Å². The zero-order chi connectivity index (χ0) is 42.5. The Morgan fingerprint density at radius 3 is 1.84 bits per heavy atom. The van der Waals surface area contributed by atoms with Crippen LogP contribution in [0.4, 0.5) is 5.69 Å². The van der Waals surface area contributed by atoms with Gasteiger partial charge in [-0.1, -0.05) is 184 Å². The van der Waals surface area contributed by atoms with Crippen molar-refractivity contribution in [3.8, 4) is 44.5 Å². The van der Waals surface area contributed by atoms with Crippen LogP contribution in [0.3, 0.4) is 0 Å². The van der Waals surface area contributed by atoms with Crippen LogP contribution in [0.2, 0.25) is 0 Å². The fraction of sp³-hybridized carbons (Fsp3) is 0.115. The molecule has 2 heteroatoms. The molecule has 8 aromatic carbocycles. The molecule has 304 valence electrons. The van der Waals surface area contributed by atoms with Crippen molar-refractivity contribution in [1.82, 2.24) is 0 Å². The van der Waals surface area contributed by atoms with Crippen molar-refractivity contribution in [3.63, 3.8) is 0 Å². The highest BCUT2D eigenvalue weighted by atomic mass is 32.1. The van der Waals surface area contributed by atoms with Crippen LogP contribution < -0.4 is 5.73 Å². The standard InChI is InChI=1S/C37H30.C24H19NS/c1-37(2)35-23-27(25-11-5-3-6-12-25)17-19-32(35)33-20-18-28(24-36(33)37)30-21-29-15-9-10-16-31(29)34(22-30)26-13-7-4-8-14-26;25-20-12-9-17(10-13-20)16-5-7-18(8-6-16)19-11-14-24-22(15-19)21-3-1-2-4-23(21)26-24/h3-20,22-24,30H,21H2,1-2H3;2,4-15H,1,3,25H2. The van der Waals surface area contributed by atoms with E-state index in [1.165, 1.54) is 104 Å². The van der Waals surface area contributed by atoms with E-state index < -0.39 is 0 Å². The topological polar surface area (TPSA) is 26.0 Å². The molecule has 0 aliphatic heterocycles. The third-order valence-corrected chi connectivity index (χ3v) is 14.7. The highest BCUT2D eigenvalue weighted by molar-refractivity contribution is 7.20. The predicted octanol–water partition coefficient (Wildman–Crippen LogP) is 16.2. The molecule has 0 radical (unpaired) electrons. The lowest BCUT2D eigenvalue weighted by Gasteiger charge is -2.27. The third-order valence-electron chi connectivity index (χ3n) is 13.5. The van der Waals surface area contributed by atoms with Crippen molar-refractivity contribution in [2.45, 2.75) is 44.4 Å². The number of hydrogen-bond donors (Lipinski definition) is 1. The second kappa shape index (κ2) is 16.0. The van der Waals surface area contributed by atoms with Gasteiger partial charge in [0.1, 0.15) is 0 Å². The van der Waals surface area contributed by atoms with E-state index in [0.717, 1.165) is 24.9 Å². The number of nitrogens with two attached hydrogens (primary N) is 1. The van der Waals surface area contributed by atoms with Crippen LogP contribution >= 0.6 is 11.3 Å². The minimum Gasteiger partial charge on any atom is -0.399 e. The molecule has 2 N–H and O–H groups in total. The molecule has 3 aliphatic carbocycles. The maximum absolute atomic E-state index is 5.79. The van der Waals surface area contributed by atoms with E-state index in [2.05, 4.69) is 208 Å². The van der Waals surface area contributed by atoms with Gasteiger partial charge in [-0.25, -0.2) is 0 Å². The molecule has 0 saturated heterocycles. The molecule has 0 fully saturated rings. The Labute approximate surface area is 375 Å². The van der Waals surface area contributed by atoms with Crippen molar-refractivity contribution >= 4 is 38.8 Å². The number of anilines is 1. The normalized spacial score (nSPS) is 15.3. The first-order valence-corrected chi connectivity index (χ1v) is 23.1. The summed E-state index contributed by atoms with van der Waals surface area (Å²) < 4.78 is 1.39. The van der Waals surface area contributed by atoms with E-state index in [1.54, 1.807) is 0 Å². The van der Waals surface area contributed by atoms with Gasteiger partial charge in [0, 0.05) is 26.6 Å². The van der Waals surface area contributed by atoms with Crippen molar-refractivity contribution < 1.29 is 0 Å². The molecule has 3 aliphatic rings. The summed E-state index contributed by atoms with van der Waals surface area (Å²) in [5.41, 5.74) is 28.1. The molecule has 0 spiro atoms. The van der Waals surface area contributed by atoms with Crippen LogP contribution in [0, 0.1) is 0 Å². The molecular formula is C61H49NS. The van der Waals surface area contributed by atoms with Gasteiger partial charge in [-0.15, -0.1) is 11.3 Å². The number of thiophene rings is 1. The molecule has 12 rings (SSSR count). The van der Waals surface area contributed by atoms with Crippen molar-refractivity contribution in [2.24, 2.45) is 0 Å². The highest BCUT2D eigenvalue weighted by Gasteiger charge is 2.36. The van der Waals surface area contributed by atoms with Crippen LogP contribution in [-0.2, 0) is 18.3 Å². The van der Waals surface area contributed by atoms with Gasteiger partial charge in [-0.3, -0.25) is 0 Å². The number of fused-ring (bicyclic) bond motifs is 7. The van der Waals surface area contributed by atoms with Crippen molar-refractivity contribution in [3.05, 3.63) is 244 Å². The van der Waals surface area contributed by atoms with Gasteiger partial charge in [0.15, 0.2) is 0 Å². The lowest BCUT2D eigenvalue weighted by Crippen LogP contribution is -2.16. The van der Waals surface area contributed by atoms with E-state index in [4.69, 9.17) is 5.73 Å². The molecule has 0 bridgehead atoms. The van der Waals surface area contributed by atoms with Crippen LogP contribution in [0.15, 0.2) is 200 Å². The van der Waals surface area contributed by atoms with E-state index >= 15 is 0 Å². The predicted molar refractivity (Wildman–Crippen MR) is 270 cm³/mol. The zero-order valence-electron chi connectivity index (χ0n) is 35.8. The molecular weight excluding hydrogens is 779 g/mol. The summed E-state index contributed by atoms with van der Waals surface area (Å²) in [6.07, 6.45) is 10.4. The van der Waals surface area contributed by atoms with Gasteiger partial charge < -0.3 is 5.73 Å². The maximum Gasteiger partial charge on any atom is 0.0352 e. The fourth-order valence-corrected chi connectivity index (χ4v) is 11.3. The van der Waals surface area contributed by atoms with Crippen LogP contribution in [0.1, 0.15) is 70.0 Å². The molecule has 0 amide bonds. The van der Waals surface area contributed by atoms with Gasteiger partial charge in [-0.05, 0) is 150 Å². The Balaban J connectivity index is 0.000000150. The summed E-state index contributed by atoms with van der Waals surface area (Å²) in [6.45, 7) is 4.77. The minimum atomic E-state index is -0.0377. The lowest BCUT2D eigenvalue weighted by atomic mass is 9.77. The largest absolute Gasteiger partial charge is 0.399 e. The minimum absolute atomic E-state index is 0.0377. The first kappa shape index (κ1) is 38.9. The molecule has 1 nitrogen and oxygen atoms in total. The first-order valence-electron chi connectivity index (χ1n) is 22.3. The van der Waals surface area contributed by atoms with E-state index in [9.17, 15) is 0 Å². The second-order valence-corrected chi connectivity index (χ2v) is 18.9. The number of hydrogen-bond acceptors (Lipinski definition) is 2. The summed E-state index contributed by atoms with van der Waals surface area (Å²) in [5.74, 6) is 0.356. The van der Waals surface area contributed by atoms with Crippen LogP contribution in [0.25, 0.3) is 66.2 Å². The molecule has 1 unspecified atom stereocenters. The number of benzene rings is 8. The number of allylic oxidation sites excluding steroid dienone is 2. The quantitative estimate of drug-likeness (QED) is 0.172. The second-order valence-electron chi connectivity index (χ2n) is 17.8. The first-order chi connectivity index (χ1) is 30.9. The Morgan fingerprint density at radius 1 is 0.524 bits per heavy atom. The molecule has 1 aromatic heterocycles. The average molecular weight is 828 g/mol. The average Bonchev–Trinajstić information content (AvgIpc) is 3.82. The van der Waals surface area contributed by atoms with Gasteiger partial charge in [0.2, 0.25) is 0 Å². The molecule has 0 saturated carbocycles. The van der Waals surface area contributed by atoms with E-state index in [0.29, 0.717) is 5.92 Å². The summed E-state index contributed by atoms with van der Waals surface area (Å²) in [5, 5.41) is 1.43. The Kier molecular flexibility index (Phi) is 9.90. The van der Waals surface area contributed by atoms with E-state index in [-0.39, 0.29) is 5.41 Å². The summed E-state index contributed by atoms with van der Waals surface area (Å²) in [6, 6.07) is 68.5. The smallest absolute Gasteiger partial charge is 0.0352 e. The van der Waals surface area contributed by atoms with Crippen molar-refractivity contribution in [1.29, 1.82) is 0 Å². The Bertz CT molecular complexity index is 3200. The summed E-state index contributed by atoms with van der Waals surface area (Å²) in [7, 11) is 0. The molecule has 1 atom stereocenters. The summed E-state index contributed by atoms with van der Waals surface area (Å²) in [4.78, 5) is 1.43. The Hall–Kier alpha value is -7.00. The highest BCUT2D eigenvalue weighted by Crippen LogP contribution is 2.51. The lowest BCUT2D eigenvalue weighted by molar-refractivity contribution is 0.658. The monoisotopic (exact) mass is 827 g/mol. The SMILES string of the molecule is CC1(C)c2cc(-c3ccccc3)ccc2-c2ccc(C3C=C(c4ccccc4)c4ccccc4C3)cc21.Nc1ccc(-c2ccc(-c3ccc4sc5c(c4c3)CCC=C5)cc2)cc1. The molecule has 63 heavy (non-hydrogen) atoms. The number of rotatable bonds is 5. The van der Waals surface area contributed by atoms with Gasteiger partial charge >= 0.3 is 0 Å². The Morgan fingerprint density at radius 2 is 1.10 bits per heavy atom. The fourth-order valence-electron chi connectivity index (χ4n) is 10.1. The zero-order valence-corrected chi connectivity index (χ0v) is 36.6. The van der Waals surface area contributed by atoms with Gasteiger partial charge in [-0.2, -0.15) is 0 Å². The number of aryl methyl sites for hydroxylation is 1. The van der Waals surface area contributed by atoms with Crippen LogP contribution in [0.5, 0.6) is 0 Å².